The van der Waals surface area contributed by atoms with Gasteiger partial charge < -0.3 is 4.74 Å². The Morgan fingerprint density at radius 3 is 2.52 bits per heavy atom. The zero-order valence-corrected chi connectivity index (χ0v) is 15.6. The first-order chi connectivity index (χ1) is 13.0. The number of ether oxygens (including phenoxy) is 1. The van der Waals surface area contributed by atoms with Crippen LogP contribution in [-0.4, -0.2) is 28.0 Å². The molecule has 2 aromatic carbocycles. The highest BCUT2D eigenvalue weighted by Gasteiger charge is 2.10. The SMILES string of the molecule is O=C(COc1ccc(Br)cc1)NNC(=O)Cn1c(=O)cnc2ccccc21. The Kier molecular flexibility index (Phi) is 5.82. The molecular weight excluding hydrogens is 416 g/mol. The van der Waals surface area contributed by atoms with E-state index in [2.05, 4.69) is 31.8 Å². The summed E-state index contributed by atoms with van der Waals surface area (Å²) in [6, 6.07) is 14.0. The summed E-state index contributed by atoms with van der Waals surface area (Å²) in [6.45, 7) is -0.518. The van der Waals surface area contributed by atoms with Gasteiger partial charge in [-0.1, -0.05) is 28.1 Å². The Hall–Kier alpha value is -3.20. The fourth-order valence-electron chi connectivity index (χ4n) is 2.32. The average molecular weight is 431 g/mol. The van der Waals surface area contributed by atoms with Crippen LogP contribution in [0.5, 0.6) is 5.75 Å². The molecule has 0 radical (unpaired) electrons. The minimum Gasteiger partial charge on any atom is -0.484 e. The Morgan fingerprint density at radius 2 is 1.74 bits per heavy atom. The number of nitrogens with zero attached hydrogens (tertiary/aromatic N) is 2. The van der Waals surface area contributed by atoms with Crippen molar-refractivity contribution in [1.29, 1.82) is 0 Å². The number of hydrazine groups is 1. The van der Waals surface area contributed by atoms with E-state index < -0.39 is 17.4 Å². The Bertz CT molecular complexity index is 1030. The van der Waals surface area contributed by atoms with Gasteiger partial charge in [0, 0.05) is 4.47 Å². The lowest BCUT2D eigenvalue weighted by molar-refractivity contribution is -0.130. The van der Waals surface area contributed by atoms with Gasteiger partial charge in [-0.25, -0.2) is 4.98 Å². The Morgan fingerprint density at radius 1 is 1.04 bits per heavy atom. The molecule has 27 heavy (non-hydrogen) atoms. The first kappa shape index (κ1) is 18.6. The fourth-order valence-corrected chi connectivity index (χ4v) is 2.58. The van der Waals surface area contributed by atoms with Crippen LogP contribution in [0, 0.1) is 0 Å². The van der Waals surface area contributed by atoms with E-state index in [4.69, 9.17) is 4.74 Å². The number of fused-ring (bicyclic) bond motifs is 1. The second-order valence-corrected chi connectivity index (χ2v) is 6.43. The lowest BCUT2D eigenvalue weighted by Gasteiger charge is -2.11. The van der Waals surface area contributed by atoms with Gasteiger partial charge in [0.15, 0.2) is 6.61 Å². The number of hydrogen-bond acceptors (Lipinski definition) is 5. The zero-order valence-electron chi connectivity index (χ0n) is 14.0. The van der Waals surface area contributed by atoms with Gasteiger partial charge in [0.1, 0.15) is 12.3 Å². The minimum atomic E-state index is -0.551. The topological polar surface area (TPSA) is 102 Å². The summed E-state index contributed by atoms with van der Waals surface area (Å²) in [5, 5.41) is 0. The summed E-state index contributed by atoms with van der Waals surface area (Å²) in [4.78, 5) is 39.9. The van der Waals surface area contributed by atoms with Crippen molar-refractivity contribution in [1.82, 2.24) is 20.4 Å². The lowest BCUT2D eigenvalue weighted by Crippen LogP contribution is -2.46. The van der Waals surface area contributed by atoms with E-state index in [1.165, 1.54) is 4.57 Å². The molecule has 138 valence electrons. The second kappa shape index (κ2) is 8.45. The van der Waals surface area contributed by atoms with Crippen molar-refractivity contribution in [2.24, 2.45) is 0 Å². The first-order valence-corrected chi connectivity index (χ1v) is 8.73. The molecule has 0 saturated carbocycles. The van der Waals surface area contributed by atoms with Gasteiger partial charge in [0.2, 0.25) is 0 Å². The zero-order chi connectivity index (χ0) is 19.2. The molecular formula is C18H15BrN4O4. The first-order valence-electron chi connectivity index (χ1n) is 7.93. The number of carbonyl (C=O) groups is 2. The quantitative estimate of drug-likeness (QED) is 0.595. The molecule has 2 N–H and O–H groups in total. The average Bonchev–Trinajstić information content (AvgIpc) is 2.68. The van der Waals surface area contributed by atoms with Crippen molar-refractivity contribution in [2.45, 2.75) is 6.54 Å². The van der Waals surface area contributed by atoms with Crippen LogP contribution in [0.1, 0.15) is 0 Å². The predicted molar refractivity (Wildman–Crippen MR) is 102 cm³/mol. The summed E-state index contributed by atoms with van der Waals surface area (Å²) < 4.78 is 7.48. The molecule has 0 fully saturated rings. The molecule has 9 heteroatoms. The highest BCUT2D eigenvalue weighted by molar-refractivity contribution is 9.10. The van der Waals surface area contributed by atoms with Gasteiger partial charge in [-0.15, -0.1) is 0 Å². The maximum Gasteiger partial charge on any atom is 0.276 e. The molecule has 0 aliphatic carbocycles. The Balaban J connectivity index is 1.54. The predicted octanol–water partition coefficient (Wildman–Crippen LogP) is 1.39. The standard InChI is InChI=1S/C18H15BrN4O4/c19-12-5-7-13(8-6-12)27-11-17(25)22-21-16(24)10-23-15-4-2-1-3-14(15)20-9-18(23)26/h1-9H,10-11H2,(H,21,24)(H,22,25). The van der Waals surface area contributed by atoms with Crippen LogP contribution < -0.4 is 21.1 Å². The van der Waals surface area contributed by atoms with E-state index in [9.17, 15) is 14.4 Å². The molecule has 0 spiro atoms. The van der Waals surface area contributed by atoms with Crippen molar-refractivity contribution in [3.05, 3.63) is 69.6 Å². The molecule has 1 aromatic heterocycles. The van der Waals surface area contributed by atoms with E-state index >= 15 is 0 Å². The van der Waals surface area contributed by atoms with Crippen LogP contribution in [0.2, 0.25) is 0 Å². The van der Waals surface area contributed by atoms with Gasteiger partial charge in [0.05, 0.1) is 17.2 Å². The van der Waals surface area contributed by atoms with Crippen LogP contribution in [0.3, 0.4) is 0 Å². The van der Waals surface area contributed by atoms with Crippen molar-refractivity contribution in [3.63, 3.8) is 0 Å². The molecule has 3 aromatic rings. The number of nitrogens with one attached hydrogen (secondary N) is 2. The Labute approximate surface area is 162 Å². The minimum absolute atomic E-state index is 0.254. The fraction of sp³-hybridized carbons (Fsp3) is 0.111. The molecule has 0 aliphatic heterocycles. The maximum atomic E-state index is 12.1. The lowest BCUT2D eigenvalue weighted by atomic mass is 10.3. The van der Waals surface area contributed by atoms with Gasteiger partial charge in [-0.2, -0.15) is 0 Å². The summed E-state index contributed by atoms with van der Waals surface area (Å²) in [5.41, 5.74) is 5.23. The van der Waals surface area contributed by atoms with Crippen molar-refractivity contribution >= 4 is 38.8 Å². The molecule has 0 atom stereocenters. The molecule has 0 saturated heterocycles. The molecule has 0 unspecified atom stereocenters. The second-order valence-electron chi connectivity index (χ2n) is 5.51. The van der Waals surface area contributed by atoms with E-state index in [-0.39, 0.29) is 13.2 Å². The number of halogens is 1. The summed E-state index contributed by atoms with van der Waals surface area (Å²) >= 11 is 3.30. The summed E-state index contributed by atoms with van der Waals surface area (Å²) in [6.07, 6.45) is 1.15. The monoisotopic (exact) mass is 430 g/mol. The molecule has 2 amide bonds. The normalized spacial score (nSPS) is 10.4. The molecule has 0 bridgehead atoms. The van der Waals surface area contributed by atoms with Crippen LogP contribution in [-0.2, 0) is 16.1 Å². The van der Waals surface area contributed by atoms with Crippen LogP contribution in [0.15, 0.2) is 64.0 Å². The largest absolute Gasteiger partial charge is 0.484 e. The number of benzene rings is 2. The summed E-state index contributed by atoms with van der Waals surface area (Å²) in [5.74, 6) is -0.557. The third-order valence-electron chi connectivity index (χ3n) is 3.58. The van der Waals surface area contributed by atoms with Gasteiger partial charge in [-0.05, 0) is 36.4 Å². The number of carbonyl (C=O) groups excluding carboxylic acids is 2. The van der Waals surface area contributed by atoms with Crippen molar-refractivity contribution in [3.8, 4) is 5.75 Å². The molecule has 1 heterocycles. The van der Waals surface area contributed by atoms with Crippen LogP contribution in [0.25, 0.3) is 11.0 Å². The van der Waals surface area contributed by atoms with E-state index in [1.807, 2.05) is 0 Å². The number of para-hydroxylation sites is 2. The third-order valence-corrected chi connectivity index (χ3v) is 4.11. The van der Waals surface area contributed by atoms with Gasteiger partial charge in [0.25, 0.3) is 17.4 Å². The molecule has 0 aliphatic rings. The summed E-state index contributed by atoms with van der Waals surface area (Å²) in [7, 11) is 0. The smallest absolute Gasteiger partial charge is 0.276 e. The number of rotatable bonds is 5. The van der Waals surface area contributed by atoms with Crippen molar-refractivity contribution in [2.75, 3.05) is 6.61 Å². The highest BCUT2D eigenvalue weighted by Crippen LogP contribution is 2.15. The van der Waals surface area contributed by atoms with E-state index in [0.717, 1.165) is 10.7 Å². The van der Waals surface area contributed by atoms with E-state index in [1.54, 1.807) is 48.5 Å². The maximum absolute atomic E-state index is 12.1. The number of hydrogen-bond donors (Lipinski definition) is 2. The number of aromatic nitrogens is 2. The molecule has 8 nitrogen and oxygen atoms in total. The van der Waals surface area contributed by atoms with E-state index in [0.29, 0.717) is 16.8 Å². The van der Waals surface area contributed by atoms with Gasteiger partial charge in [-0.3, -0.25) is 29.8 Å². The highest BCUT2D eigenvalue weighted by atomic mass is 79.9. The third kappa shape index (κ3) is 4.91. The van der Waals surface area contributed by atoms with Crippen LogP contribution >= 0.6 is 15.9 Å². The van der Waals surface area contributed by atoms with Gasteiger partial charge >= 0.3 is 0 Å². The van der Waals surface area contributed by atoms with Crippen LogP contribution in [0.4, 0.5) is 0 Å². The molecule has 3 rings (SSSR count). The number of amides is 2. The van der Waals surface area contributed by atoms with Crippen molar-refractivity contribution < 1.29 is 14.3 Å².